The summed E-state index contributed by atoms with van der Waals surface area (Å²) in [5, 5.41) is 0. The zero-order valence-electron chi connectivity index (χ0n) is 12.6. The number of hydrogen-bond acceptors (Lipinski definition) is 3. The second kappa shape index (κ2) is 7.50. The van der Waals surface area contributed by atoms with Gasteiger partial charge in [-0.1, -0.05) is 38.3 Å². The Balaban J connectivity index is 2.40. The molecule has 1 aromatic rings. The highest BCUT2D eigenvalue weighted by atomic mass is 35.5. The molecule has 21 heavy (non-hydrogen) atoms. The fraction of sp³-hybridized carbons (Fsp3) is 0.625. The summed E-state index contributed by atoms with van der Waals surface area (Å²) in [5.41, 5.74) is 0.826. The summed E-state index contributed by atoms with van der Waals surface area (Å²) in [6, 6.07) is 7.76. The Hall–Kier alpha value is -0.740. The zero-order chi connectivity index (χ0) is 15.3. The molecule has 1 aliphatic carbocycles. The van der Waals surface area contributed by atoms with Crippen LogP contribution in [0.15, 0.2) is 29.2 Å². The minimum atomic E-state index is -3.22. The standard InChI is InChI=1S/C16H24ClNO2S/c1-2-21(19,20)16-11-7-6-10-15(16)18(13-12-17)14-8-4-3-5-9-14/h6-7,10-11,14H,2-5,8-9,12-13H2,1H3. The number of anilines is 1. The number of nitrogens with zero attached hydrogens (tertiary/aromatic N) is 1. The molecule has 0 aliphatic heterocycles. The largest absolute Gasteiger partial charge is 0.366 e. The van der Waals surface area contributed by atoms with E-state index in [1.54, 1.807) is 19.1 Å². The molecule has 0 unspecified atom stereocenters. The molecule has 1 saturated carbocycles. The van der Waals surface area contributed by atoms with Crippen LogP contribution >= 0.6 is 11.6 Å². The van der Waals surface area contributed by atoms with Gasteiger partial charge in [0.2, 0.25) is 0 Å². The molecule has 0 N–H and O–H groups in total. The number of halogens is 1. The van der Waals surface area contributed by atoms with E-state index in [1.165, 1.54) is 19.3 Å². The quantitative estimate of drug-likeness (QED) is 0.744. The van der Waals surface area contributed by atoms with E-state index in [4.69, 9.17) is 11.6 Å². The van der Waals surface area contributed by atoms with Gasteiger partial charge in [0.1, 0.15) is 0 Å². The van der Waals surface area contributed by atoms with Crippen molar-refractivity contribution < 1.29 is 8.42 Å². The average Bonchev–Trinajstić information content (AvgIpc) is 2.53. The van der Waals surface area contributed by atoms with Crippen molar-refractivity contribution in [2.45, 2.75) is 50.0 Å². The summed E-state index contributed by atoms with van der Waals surface area (Å²) in [7, 11) is -3.22. The van der Waals surface area contributed by atoms with Gasteiger partial charge >= 0.3 is 0 Å². The Labute approximate surface area is 133 Å². The van der Waals surface area contributed by atoms with Gasteiger partial charge in [0.25, 0.3) is 0 Å². The van der Waals surface area contributed by atoms with Gasteiger partial charge in [0.15, 0.2) is 9.84 Å². The van der Waals surface area contributed by atoms with Crippen LogP contribution in [0.3, 0.4) is 0 Å². The molecule has 0 bridgehead atoms. The maximum atomic E-state index is 12.4. The van der Waals surface area contributed by atoms with Crippen LogP contribution in [-0.2, 0) is 9.84 Å². The van der Waals surface area contributed by atoms with Gasteiger partial charge in [0.05, 0.1) is 16.3 Å². The molecule has 0 amide bonds. The van der Waals surface area contributed by atoms with Crippen LogP contribution in [0.1, 0.15) is 39.0 Å². The molecule has 0 aromatic heterocycles. The van der Waals surface area contributed by atoms with Crippen LogP contribution in [0.5, 0.6) is 0 Å². The Morgan fingerprint density at radius 1 is 1.19 bits per heavy atom. The van der Waals surface area contributed by atoms with E-state index in [-0.39, 0.29) is 5.75 Å². The van der Waals surface area contributed by atoms with Crippen LogP contribution in [-0.4, -0.2) is 32.6 Å². The molecule has 0 radical (unpaired) electrons. The van der Waals surface area contributed by atoms with Crippen molar-refractivity contribution in [1.29, 1.82) is 0 Å². The van der Waals surface area contributed by atoms with Gasteiger partial charge in [-0.15, -0.1) is 11.6 Å². The molecule has 1 fully saturated rings. The fourth-order valence-corrected chi connectivity index (χ4v) is 4.38. The molecular weight excluding hydrogens is 306 g/mol. The van der Waals surface area contributed by atoms with Crippen molar-refractivity contribution in [3.63, 3.8) is 0 Å². The van der Waals surface area contributed by atoms with Crippen molar-refractivity contribution in [3.8, 4) is 0 Å². The van der Waals surface area contributed by atoms with Gasteiger partial charge < -0.3 is 4.90 Å². The van der Waals surface area contributed by atoms with Crippen LogP contribution in [0.2, 0.25) is 0 Å². The summed E-state index contributed by atoms with van der Waals surface area (Å²) in [4.78, 5) is 2.66. The highest BCUT2D eigenvalue weighted by Crippen LogP contribution is 2.32. The van der Waals surface area contributed by atoms with Crippen molar-refractivity contribution >= 4 is 27.1 Å². The van der Waals surface area contributed by atoms with E-state index in [9.17, 15) is 8.42 Å². The molecular formula is C16H24ClNO2S. The van der Waals surface area contributed by atoms with Crippen LogP contribution in [0.25, 0.3) is 0 Å². The maximum Gasteiger partial charge on any atom is 0.180 e. The highest BCUT2D eigenvalue weighted by molar-refractivity contribution is 7.91. The van der Waals surface area contributed by atoms with Gasteiger partial charge in [-0.25, -0.2) is 8.42 Å². The summed E-state index contributed by atoms with van der Waals surface area (Å²) in [5.74, 6) is 0.639. The van der Waals surface area contributed by atoms with Crippen LogP contribution < -0.4 is 4.90 Å². The number of rotatable bonds is 6. The number of sulfone groups is 1. The first-order valence-electron chi connectivity index (χ1n) is 7.74. The average molecular weight is 330 g/mol. The zero-order valence-corrected chi connectivity index (χ0v) is 14.2. The van der Waals surface area contributed by atoms with E-state index in [0.29, 0.717) is 23.4 Å². The number of hydrogen-bond donors (Lipinski definition) is 0. The number of para-hydroxylation sites is 1. The lowest BCUT2D eigenvalue weighted by molar-refractivity contribution is 0.417. The second-order valence-electron chi connectivity index (χ2n) is 5.55. The van der Waals surface area contributed by atoms with E-state index in [1.807, 2.05) is 12.1 Å². The summed E-state index contributed by atoms with van der Waals surface area (Å²) in [6.45, 7) is 2.39. The lowest BCUT2D eigenvalue weighted by Crippen LogP contribution is -2.39. The number of alkyl halides is 1. The van der Waals surface area contributed by atoms with Crippen molar-refractivity contribution in [2.75, 3.05) is 23.1 Å². The van der Waals surface area contributed by atoms with Gasteiger partial charge in [-0.05, 0) is 25.0 Å². The predicted octanol–water partition coefficient (Wildman–Crippen LogP) is 3.86. The molecule has 0 atom stereocenters. The molecule has 5 heteroatoms. The lowest BCUT2D eigenvalue weighted by Gasteiger charge is -2.36. The monoisotopic (exact) mass is 329 g/mol. The summed E-state index contributed by atoms with van der Waals surface area (Å²) >= 11 is 5.97. The summed E-state index contributed by atoms with van der Waals surface area (Å²) in [6.07, 6.45) is 5.95. The first-order chi connectivity index (χ1) is 10.1. The van der Waals surface area contributed by atoms with Gasteiger partial charge in [-0.2, -0.15) is 0 Å². The highest BCUT2D eigenvalue weighted by Gasteiger charge is 2.26. The molecule has 0 spiro atoms. The molecule has 1 aromatic carbocycles. The van der Waals surface area contributed by atoms with E-state index in [0.717, 1.165) is 18.5 Å². The summed E-state index contributed by atoms with van der Waals surface area (Å²) < 4.78 is 24.7. The normalized spacial score (nSPS) is 16.9. The molecule has 2 rings (SSSR count). The molecule has 118 valence electrons. The Morgan fingerprint density at radius 3 is 2.48 bits per heavy atom. The fourth-order valence-electron chi connectivity index (χ4n) is 3.10. The first kappa shape index (κ1) is 16.6. The van der Waals surface area contributed by atoms with Crippen LogP contribution in [0.4, 0.5) is 5.69 Å². The third-order valence-electron chi connectivity index (χ3n) is 4.23. The third-order valence-corrected chi connectivity index (χ3v) is 6.18. The molecule has 0 heterocycles. The maximum absolute atomic E-state index is 12.4. The van der Waals surface area contributed by atoms with E-state index >= 15 is 0 Å². The number of benzene rings is 1. The Bertz CT molecular complexity index is 553. The van der Waals surface area contributed by atoms with E-state index < -0.39 is 9.84 Å². The topological polar surface area (TPSA) is 37.4 Å². The molecule has 1 aliphatic rings. The Kier molecular flexibility index (Phi) is 5.94. The smallest absolute Gasteiger partial charge is 0.180 e. The predicted molar refractivity (Wildman–Crippen MR) is 89.1 cm³/mol. The van der Waals surface area contributed by atoms with Crippen molar-refractivity contribution in [3.05, 3.63) is 24.3 Å². The SMILES string of the molecule is CCS(=O)(=O)c1ccccc1N(CCCl)C1CCCCC1. The third kappa shape index (κ3) is 3.92. The molecule has 3 nitrogen and oxygen atoms in total. The first-order valence-corrected chi connectivity index (χ1v) is 9.93. The van der Waals surface area contributed by atoms with Gasteiger partial charge in [0, 0.05) is 18.5 Å². The minimum absolute atomic E-state index is 0.128. The van der Waals surface area contributed by atoms with Crippen molar-refractivity contribution in [1.82, 2.24) is 0 Å². The van der Waals surface area contributed by atoms with E-state index in [2.05, 4.69) is 4.90 Å². The minimum Gasteiger partial charge on any atom is -0.366 e. The Morgan fingerprint density at radius 2 is 1.86 bits per heavy atom. The second-order valence-corrected chi connectivity index (χ2v) is 8.17. The van der Waals surface area contributed by atoms with Gasteiger partial charge in [-0.3, -0.25) is 0 Å². The molecule has 0 saturated heterocycles. The van der Waals surface area contributed by atoms with Crippen LogP contribution in [0, 0.1) is 0 Å². The lowest BCUT2D eigenvalue weighted by atomic mass is 9.94. The van der Waals surface area contributed by atoms with Crippen molar-refractivity contribution in [2.24, 2.45) is 0 Å².